The topological polar surface area (TPSA) is 63.9 Å². The lowest BCUT2D eigenvalue weighted by atomic mass is 9.97. The van der Waals surface area contributed by atoms with E-state index in [0.29, 0.717) is 19.6 Å². The second-order valence-corrected chi connectivity index (χ2v) is 6.81. The maximum absolute atomic E-state index is 13.2. The van der Waals surface area contributed by atoms with Crippen molar-refractivity contribution >= 4 is 5.91 Å². The Bertz CT molecular complexity index is 907. The van der Waals surface area contributed by atoms with E-state index in [-0.39, 0.29) is 11.8 Å². The number of hydrogen-bond donors (Lipinski definition) is 0. The molecule has 1 amide bonds. The number of fused-ring (bicyclic) bond motifs is 1. The fourth-order valence-corrected chi connectivity index (χ4v) is 3.64. The predicted molar refractivity (Wildman–Crippen MR) is 103 cm³/mol. The monoisotopic (exact) mass is 361 g/mol. The molecular weight excluding hydrogens is 338 g/mol. The molecule has 6 nitrogen and oxygen atoms in total. The fourth-order valence-electron chi connectivity index (χ4n) is 3.64. The van der Waals surface area contributed by atoms with Gasteiger partial charge in [0.2, 0.25) is 5.91 Å². The summed E-state index contributed by atoms with van der Waals surface area (Å²) in [6.45, 7) is 3.96. The molecule has 138 valence electrons. The number of carbonyl (C=O) groups excluding carboxylic acids is 1. The molecule has 1 aromatic carbocycles. The van der Waals surface area contributed by atoms with Crippen molar-refractivity contribution in [2.45, 2.75) is 38.8 Å². The standard InChI is InChI=1S/C21H23N5O/c1-2-8-17(18-11-6-7-12-22-18)21(27)25-13-14-26-19(15-25)23-24-20(26)16-9-4-3-5-10-16/h3-7,9-12,17H,2,8,13-15H2,1H3/t17-/m1/s1. The molecule has 0 fully saturated rings. The molecule has 1 atom stereocenters. The number of aromatic nitrogens is 4. The number of carbonyl (C=O) groups is 1. The van der Waals surface area contributed by atoms with Crippen LogP contribution in [0.3, 0.4) is 0 Å². The smallest absolute Gasteiger partial charge is 0.232 e. The van der Waals surface area contributed by atoms with Crippen LogP contribution in [0.2, 0.25) is 0 Å². The molecule has 0 unspecified atom stereocenters. The minimum Gasteiger partial charge on any atom is -0.333 e. The number of rotatable bonds is 5. The first kappa shape index (κ1) is 17.4. The zero-order chi connectivity index (χ0) is 18.6. The molecular formula is C21H23N5O. The summed E-state index contributed by atoms with van der Waals surface area (Å²) >= 11 is 0. The minimum absolute atomic E-state index is 0.131. The van der Waals surface area contributed by atoms with Crippen LogP contribution in [0.5, 0.6) is 0 Å². The molecule has 0 spiro atoms. The summed E-state index contributed by atoms with van der Waals surface area (Å²) in [6, 6.07) is 15.8. The quantitative estimate of drug-likeness (QED) is 0.700. The van der Waals surface area contributed by atoms with Crippen LogP contribution >= 0.6 is 0 Å². The highest BCUT2D eigenvalue weighted by atomic mass is 16.2. The molecule has 0 bridgehead atoms. The van der Waals surface area contributed by atoms with Gasteiger partial charge in [0.25, 0.3) is 0 Å². The number of hydrogen-bond acceptors (Lipinski definition) is 4. The summed E-state index contributed by atoms with van der Waals surface area (Å²) in [6.07, 6.45) is 3.49. The van der Waals surface area contributed by atoms with Gasteiger partial charge in [0.1, 0.15) is 0 Å². The Morgan fingerprint density at radius 1 is 1.07 bits per heavy atom. The fraction of sp³-hybridized carbons (Fsp3) is 0.333. The van der Waals surface area contributed by atoms with Gasteiger partial charge in [0, 0.05) is 24.8 Å². The van der Waals surface area contributed by atoms with Gasteiger partial charge in [-0.15, -0.1) is 10.2 Å². The van der Waals surface area contributed by atoms with Crippen LogP contribution in [0.15, 0.2) is 54.7 Å². The highest BCUT2D eigenvalue weighted by molar-refractivity contribution is 5.83. The highest BCUT2D eigenvalue weighted by Gasteiger charge is 2.30. The second-order valence-electron chi connectivity index (χ2n) is 6.81. The molecule has 1 aliphatic rings. The number of pyridine rings is 1. The summed E-state index contributed by atoms with van der Waals surface area (Å²) in [5.74, 6) is 1.64. The average Bonchev–Trinajstić information content (AvgIpc) is 3.16. The first-order valence-electron chi connectivity index (χ1n) is 9.45. The Balaban J connectivity index is 1.56. The lowest BCUT2D eigenvalue weighted by Crippen LogP contribution is -2.41. The molecule has 27 heavy (non-hydrogen) atoms. The Kier molecular flexibility index (Phi) is 4.96. The molecule has 0 saturated heterocycles. The molecule has 3 aromatic rings. The Morgan fingerprint density at radius 2 is 1.89 bits per heavy atom. The predicted octanol–water partition coefficient (Wildman–Crippen LogP) is 3.27. The first-order valence-corrected chi connectivity index (χ1v) is 9.45. The van der Waals surface area contributed by atoms with Gasteiger partial charge in [-0.1, -0.05) is 49.7 Å². The maximum Gasteiger partial charge on any atom is 0.232 e. The van der Waals surface area contributed by atoms with E-state index >= 15 is 0 Å². The normalized spacial score (nSPS) is 14.6. The van der Waals surface area contributed by atoms with Crippen molar-refractivity contribution < 1.29 is 4.79 Å². The zero-order valence-electron chi connectivity index (χ0n) is 15.5. The van der Waals surface area contributed by atoms with Crippen molar-refractivity contribution in [3.05, 3.63) is 66.2 Å². The Hall–Kier alpha value is -3.02. The van der Waals surface area contributed by atoms with E-state index in [1.165, 1.54) is 0 Å². The summed E-state index contributed by atoms with van der Waals surface area (Å²) in [5.41, 5.74) is 1.90. The van der Waals surface area contributed by atoms with Crippen molar-refractivity contribution in [2.24, 2.45) is 0 Å². The zero-order valence-corrected chi connectivity index (χ0v) is 15.5. The van der Waals surface area contributed by atoms with Crippen LogP contribution in [0.25, 0.3) is 11.4 Å². The van der Waals surface area contributed by atoms with Crippen molar-refractivity contribution in [3.8, 4) is 11.4 Å². The van der Waals surface area contributed by atoms with Crippen LogP contribution in [0.1, 0.15) is 37.2 Å². The van der Waals surface area contributed by atoms with Crippen molar-refractivity contribution in [2.75, 3.05) is 6.54 Å². The molecule has 6 heteroatoms. The molecule has 2 aromatic heterocycles. The molecule has 0 saturated carbocycles. The van der Waals surface area contributed by atoms with Gasteiger partial charge in [-0.3, -0.25) is 9.78 Å². The van der Waals surface area contributed by atoms with Gasteiger partial charge in [0.05, 0.1) is 18.2 Å². The SMILES string of the molecule is CCC[C@@H](C(=O)N1CCn2c(nnc2-c2ccccc2)C1)c1ccccn1. The third kappa shape index (κ3) is 3.47. The Labute approximate surface area is 158 Å². The molecule has 0 N–H and O–H groups in total. The van der Waals surface area contributed by atoms with E-state index in [1.807, 2.05) is 53.4 Å². The summed E-state index contributed by atoms with van der Waals surface area (Å²) < 4.78 is 2.12. The van der Waals surface area contributed by atoms with Gasteiger partial charge < -0.3 is 9.47 Å². The van der Waals surface area contributed by atoms with E-state index in [1.54, 1.807) is 6.20 Å². The third-order valence-electron chi connectivity index (χ3n) is 5.02. The van der Waals surface area contributed by atoms with Gasteiger partial charge in [-0.05, 0) is 18.6 Å². The van der Waals surface area contributed by atoms with Gasteiger partial charge >= 0.3 is 0 Å². The lowest BCUT2D eigenvalue weighted by Gasteiger charge is -2.31. The van der Waals surface area contributed by atoms with E-state index in [0.717, 1.165) is 35.7 Å². The third-order valence-corrected chi connectivity index (χ3v) is 5.02. The highest BCUT2D eigenvalue weighted by Crippen LogP contribution is 2.26. The van der Waals surface area contributed by atoms with Crippen LogP contribution in [-0.4, -0.2) is 37.1 Å². The molecule has 4 rings (SSSR count). The minimum atomic E-state index is -0.195. The number of benzene rings is 1. The average molecular weight is 361 g/mol. The number of nitrogens with zero attached hydrogens (tertiary/aromatic N) is 5. The van der Waals surface area contributed by atoms with Gasteiger partial charge in [0.15, 0.2) is 11.6 Å². The maximum atomic E-state index is 13.2. The van der Waals surface area contributed by atoms with E-state index in [9.17, 15) is 4.79 Å². The molecule has 3 heterocycles. The van der Waals surface area contributed by atoms with E-state index < -0.39 is 0 Å². The van der Waals surface area contributed by atoms with E-state index in [2.05, 4.69) is 26.7 Å². The number of amides is 1. The summed E-state index contributed by atoms with van der Waals surface area (Å²) in [7, 11) is 0. The first-order chi connectivity index (χ1) is 13.3. The van der Waals surface area contributed by atoms with Gasteiger partial charge in [-0.2, -0.15) is 0 Å². The summed E-state index contributed by atoms with van der Waals surface area (Å²) in [4.78, 5) is 19.5. The Morgan fingerprint density at radius 3 is 2.63 bits per heavy atom. The van der Waals surface area contributed by atoms with Gasteiger partial charge in [-0.25, -0.2) is 0 Å². The van der Waals surface area contributed by atoms with E-state index in [4.69, 9.17) is 0 Å². The van der Waals surface area contributed by atoms with Crippen molar-refractivity contribution in [1.29, 1.82) is 0 Å². The van der Waals surface area contributed by atoms with Crippen LogP contribution < -0.4 is 0 Å². The summed E-state index contributed by atoms with van der Waals surface area (Å²) in [5, 5.41) is 8.71. The molecule has 1 aliphatic heterocycles. The largest absolute Gasteiger partial charge is 0.333 e. The second kappa shape index (κ2) is 7.70. The van der Waals surface area contributed by atoms with Crippen LogP contribution in [0, 0.1) is 0 Å². The molecule has 0 aliphatic carbocycles. The molecule has 0 radical (unpaired) electrons. The van der Waals surface area contributed by atoms with Crippen LogP contribution in [0.4, 0.5) is 0 Å². The van der Waals surface area contributed by atoms with Crippen molar-refractivity contribution in [3.63, 3.8) is 0 Å². The van der Waals surface area contributed by atoms with Crippen LogP contribution in [-0.2, 0) is 17.9 Å². The van der Waals surface area contributed by atoms with Crippen molar-refractivity contribution in [1.82, 2.24) is 24.6 Å². The lowest BCUT2D eigenvalue weighted by molar-refractivity contribution is -0.134.